The van der Waals surface area contributed by atoms with Crippen LogP contribution in [-0.2, 0) is 4.79 Å². The molecule has 0 radical (unpaired) electrons. The molecule has 1 rings (SSSR count). The number of carboxylic acid groups (broad SMARTS) is 1. The second-order valence-corrected chi connectivity index (χ2v) is 6.87. The molecule has 0 heterocycles. The second-order valence-electron chi connectivity index (χ2n) is 5.46. The molecular formula is C13H25NO2S. The predicted molar refractivity (Wildman–Crippen MR) is 73.6 cm³/mol. The normalized spacial score (nSPS) is 20.7. The predicted octanol–water partition coefficient (Wildman–Crippen LogP) is 2.89. The average Bonchev–Trinajstić information content (AvgIpc) is 2.69. The van der Waals surface area contributed by atoms with Crippen molar-refractivity contribution in [3.63, 3.8) is 0 Å². The number of aliphatic carboxylic acids is 1. The van der Waals surface area contributed by atoms with Gasteiger partial charge < -0.3 is 5.11 Å². The zero-order valence-electron chi connectivity index (χ0n) is 11.2. The minimum Gasteiger partial charge on any atom is -0.480 e. The number of rotatable bonds is 7. The molecule has 17 heavy (non-hydrogen) atoms. The van der Waals surface area contributed by atoms with Crippen LogP contribution < -0.4 is 5.32 Å². The van der Waals surface area contributed by atoms with Gasteiger partial charge in [-0.2, -0.15) is 11.8 Å². The van der Waals surface area contributed by atoms with Crippen LogP contribution in [0.5, 0.6) is 0 Å². The first-order valence-corrected chi connectivity index (χ1v) is 7.61. The molecule has 0 spiro atoms. The van der Waals surface area contributed by atoms with Crippen molar-refractivity contribution >= 4 is 17.7 Å². The Balaban J connectivity index is 2.35. The molecule has 1 saturated carbocycles. The van der Waals surface area contributed by atoms with Crippen molar-refractivity contribution in [2.75, 3.05) is 5.75 Å². The lowest BCUT2D eigenvalue weighted by Crippen LogP contribution is -2.52. The lowest BCUT2D eigenvalue weighted by Gasteiger charge is -2.29. The molecule has 0 aliphatic heterocycles. The number of hydrogen-bond acceptors (Lipinski definition) is 3. The van der Waals surface area contributed by atoms with Gasteiger partial charge in [-0.05, 0) is 45.8 Å². The summed E-state index contributed by atoms with van der Waals surface area (Å²) < 4.78 is 0. The van der Waals surface area contributed by atoms with Crippen LogP contribution >= 0.6 is 11.8 Å². The molecule has 100 valence electrons. The maximum atomic E-state index is 11.3. The Morgan fingerprint density at radius 2 is 2.06 bits per heavy atom. The summed E-state index contributed by atoms with van der Waals surface area (Å²) in [4.78, 5) is 11.3. The largest absolute Gasteiger partial charge is 0.480 e. The van der Waals surface area contributed by atoms with Gasteiger partial charge in [0, 0.05) is 11.3 Å². The highest BCUT2D eigenvalue weighted by Gasteiger charge is 2.33. The van der Waals surface area contributed by atoms with Crippen molar-refractivity contribution in [2.24, 2.45) is 0 Å². The van der Waals surface area contributed by atoms with Crippen molar-refractivity contribution in [3.8, 4) is 0 Å². The number of carbonyl (C=O) groups is 1. The highest BCUT2D eigenvalue weighted by atomic mass is 32.2. The highest BCUT2D eigenvalue weighted by Crippen LogP contribution is 2.30. The molecule has 1 aliphatic carbocycles. The van der Waals surface area contributed by atoms with Gasteiger partial charge in [0.15, 0.2) is 0 Å². The highest BCUT2D eigenvalue weighted by molar-refractivity contribution is 7.99. The Bertz CT molecular complexity index is 252. The summed E-state index contributed by atoms with van der Waals surface area (Å²) in [6, 6.07) is 0.201. The topological polar surface area (TPSA) is 49.3 Å². The summed E-state index contributed by atoms with van der Waals surface area (Å²) >= 11 is 1.95. The second kappa shape index (κ2) is 6.64. The first-order chi connectivity index (χ1) is 7.94. The fraction of sp³-hybridized carbons (Fsp3) is 0.923. The zero-order valence-corrected chi connectivity index (χ0v) is 12.0. The summed E-state index contributed by atoms with van der Waals surface area (Å²) in [7, 11) is 0. The van der Waals surface area contributed by atoms with Crippen LogP contribution in [0.3, 0.4) is 0 Å². The van der Waals surface area contributed by atoms with Gasteiger partial charge in [0.05, 0.1) is 0 Å². The van der Waals surface area contributed by atoms with Gasteiger partial charge in [-0.25, -0.2) is 0 Å². The monoisotopic (exact) mass is 259 g/mol. The summed E-state index contributed by atoms with van der Waals surface area (Å²) in [5.41, 5.74) is -0.778. The molecule has 0 bridgehead atoms. The van der Waals surface area contributed by atoms with Gasteiger partial charge in [0.25, 0.3) is 0 Å². The van der Waals surface area contributed by atoms with Gasteiger partial charge in [-0.1, -0.05) is 12.8 Å². The third-order valence-corrected chi connectivity index (χ3v) is 4.72. The van der Waals surface area contributed by atoms with Crippen LogP contribution in [0.2, 0.25) is 0 Å². The molecule has 1 unspecified atom stereocenters. The molecule has 4 heteroatoms. The number of carboxylic acids is 1. The number of thioether (sulfide) groups is 1. The summed E-state index contributed by atoms with van der Waals surface area (Å²) in [6.45, 7) is 5.78. The fourth-order valence-electron chi connectivity index (χ4n) is 2.36. The number of nitrogens with one attached hydrogen (secondary N) is 1. The van der Waals surface area contributed by atoms with E-state index in [2.05, 4.69) is 5.32 Å². The molecule has 0 saturated heterocycles. The van der Waals surface area contributed by atoms with Gasteiger partial charge in [-0.3, -0.25) is 10.1 Å². The Kier molecular flexibility index (Phi) is 5.80. The van der Waals surface area contributed by atoms with Gasteiger partial charge >= 0.3 is 5.97 Å². The molecule has 3 nitrogen and oxygen atoms in total. The molecule has 0 aromatic rings. The average molecular weight is 259 g/mol. The molecule has 2 N–H and O–H groups in total. The summed E-state index contributed by atoms with van der Waals surface area (Å²) in [6.07, 6.45) is 6.01. The van der Waals surface area contributed by atoms with E-state index >= 15 is 0 Å². The van der Waals surface area contributed by atoms with Crippen molar-refractivity contribution in [3.05, 3.63) is 0 Å². The van der Waals surface area contributed by atoms with Crippen LogP contribution in [0.15, 0.2) is 0 Å². The first kappa shape index (κ1) is 14.8. The van der Waals surface area contributed by atoms with Crippen LogP contribution in [0.4, 0.5) is 0 Å². The van der Waals surface area contributed by atoms with Crippen molar-refractivity contribution in [1.82, 2.24) is 5.32 Å². The molecule has 1 fully saturated rings. The fourth-order valence-corrected chi connectivity index (χ4v) is 3.89. The van der Waals surface area contributed by atoms with E-state index in [0.717, 1.165) is 11.0 Å². The summed E-state index contributed by atoms with van der Waals surface area (Å²) in [5, 5.41) is 13.2. The SMILES string of the molecule is CC(C)NC(C)(CCSC1CCCC1)C(=O)O. The van der Waals surface area contributed by atoms with Gasteiger partial charge in [0.2, 0.25) is 0 Å². The standard InChI is InChI=1S/C13H25NO2S/c1-10(2)14-13(3,12(15)16)8-9-17-11-6-4-5-7-11/h10-11,14H,4-9H2,1-3H3,(H,15,16). The first-order valence-electron chi connectivity index (χ1n) is 6.57. The maximum absolute atomic E-state index is 11.3. The lowest BCUT2D eigenvalue weighted by atomic mass is 9.98. The molecule has 1 atom stereocenters. The Labute approximate surface area is 109 Å². The lowest BCUT2D eigenvalue weighted by molar-refractivity contribution is -0.144. The van der Waals surface area contributed by atoms with Crippen molar-refractivity contribution < 1.29 is 9.90 Å². The minimum atomic E-state index is -0.778. The maximum Gasteiger partial charge on any atom is 0.323 e. The Morgan fingerprint density at radius 3 is 2.53 bits per heavy atom. The van der Waals surface area contributed by atoms with E-state index in [4.69, 9.17) is 0 Å². The Hall–Kier alpha value is -0.220. The van der Waals surface area contributed by atoms with Crippen molar-refractivity contribution in [2.45, 2.75) is 69.7 Å². The van der Waals surface area contributed by atoms with Crippen molar-refractivity contribution in [1.29, 1.82) is 0 Å². The van der Waals surface area contributed by atoms with E-state index in [-0.39, 0.29) is 6.04 Å². The van der Waals surface area contributed by atoms with Gasteiger partial charge in [0.1, 0.15) is 5.54 Å². The molecule has 0 amide bonds. The van der Waals surface area contributed by atoms with E-state index in [1.54, 1.807) is 6.92 Å². The van der Waals surface area contributed by atoms with Gasteiger partial charge in [-0.15, -0.1) is 0 Å². The van der Waals surface area contributed by atoms with Crippen LogP contribution in [0.1, 0.15) is 52.9 Å². The van der Waals surface area contributed by atoms with E-state index in [9.17, 15) is 9.90 Å². The molecule has 0 aromatic heterocycles. The third-order valence-electron chi connectivity index (χ3n) is 3.34. The molecular weight excluding hydrogens is 234 g/mol. The number of hydrogen-bond donors (Lipinski definition) is 2. The minimum absolute atomic E-state index is 0.201. The quantitative estimate of drug-likeness (QED) is 0.738. The van der Waals surface area contributed by atoms with E-state index in [1.807, 2.05) is 25.6 Å². The third kappa shape index (κ3) is 4.88. The van der Waals surface area contributed by atoms with E-state index in [0.29, 0.717) is 6.42 Å². The summed E-state index contributed by atoms with van der Waals surface area (Å²) in [5.74, 6) is 0.200. The van der Waals surface area contributed by atoms with Crippen LogP contribution in [0.25, 0.3) is 0 Å². The Morgan fingerprint density at radius 1 is 1.47 bits per heavy atom. The molecule has 0 aromatic carbocycles. The zero-order chi connectivity index (χ0) is 12.9. The van der Waals surface area contributed by atoms with E-state index < -0.39 is 11.5 Å². The van der Waals surface area contributed by atoms with E-state index in [1.165, 1.54) is 25.7 Å². The smallest absolute Gasteiger partial charge is 0.323 e. The molecule has 1 aliphatic rings. The van der Waals surface area contributed by atoms with Crippen LogP contribution in [-0.4, -0.2) is 33.7 Å². The van der Waals surface area contributed by atoms with Crippen LogP contribution in [0, 0.1) is 0 Å².